The Balaban J connectivity index is 2.19. The number of halogens is 1. The van der Waals surface area contributed by atoms with Crippen molar-refractivity contribution >= 4 is 17.7 Å². The van der Waals surface area contributed by atoms with Gasteiger partial charge in [0.2, 0.25) is 0 Å². The van der Waals surface area contributed by atoms with Gasteiger partial charge in [-0.3, -0.25) is 4.90 Å². The summed E-state index contributed by atoms with van der Waals surface area (Å²) in [6.45, 7) is 0.534. The Morgan fingerprint density at radius 3 is 2.75 bits per heavy atom. The Kier molecular flexibility index (Phi) is 3.31. The third-order valence-corrected chi connectivity index (χ3v) is 2.82. The molecule has 4 nitrogen and oxygen atoms in total. The molecule has 0 saturated carbocycles. The van der Waals surface area contributed by atoms with Crippen LogP contribution in [-0.4, -0.2) is 35.9 Å². The van der Waals surface area contributed by atoms with Crippen molar-refractivity contribution in [2.45, 2.75) is 6.04 Å². The van der Waals surface area contributed by atoms with Gasteiger partial charge in [0.05, 0.1) is 12.6 Å². The second kappa shape index (κ2) is 4.72. The van der Waals surface area contributed by atoms with E-state index in [2.05, 4.69) is 0 Å². The van der Waals surface area contributed by atoms with Crippen LogP contribution >= 0.6 is 11.6 Å². The molecule has 0 bridgehead atoms. The second-order valence-corrected chi connectivity index (χ2v) is 4.00. The minimum absolute atomic E-state index is 0.0702. The molecule has 1 unspecified atom stereocenters. The first kappa shape index (κ1) is 11.2. The van der Waals surface area contributed by atoms with Crippen LogP contribution in [0.15, 0.2) is 24.3 Å². The van der Waals surface area contributed by atoms with E-state index in [1.807, 2.05) is 12.1 Å². The van der Waals surface area contributed by atoms with Gasteiger partial charge in [0.15, 0.2) is 0 Å². The maximum absolute atomic E-state index is 11.4. The van der Waals surface area contributed by atoms with Crippen molar-refractivity contribution in [1.82, 2.24) is 4.90 Å². The standard InChI is InChI=1S/C11H12ClNO3/c12-9-3-1-8(2-4-9)10-7-16-11(15)13(10)5-6-14/h1-4,10,14H,5-7H2. The zero-order valence-electron chi connectivity index (χ0n) is 8.60. The highest BCUT2D eigenvalue weighted by Gasteiger charge is 2.33. The topological polar surface area (TPSA) is 49.8 Å². The molecule has 2 rings (SSSR count). The van der Waals surface area contributed by atoms with E-state index in [1.165, 1.54) is 4.90 Å². The van der Waals surface area contributed by atoms with Gasteiger partial charge < -0.3 is 9.84 Å². The fraction of sp³-hybridized carbons (Fsp3) is 0.364. The Morgan fingerprint density at radius 1 is 1.44 bits per heavy atom. The molecule has 1 aromatic rings. The number of hydrogen-bond acceptors (Lipinski definition) is 3. The zero-order chi connectivity index (χ0) is 11.5. The molecule has 1 saturated heterocycles. The minimum atomic E-state index is -0.381. The van der Waals surface area contributed by atoms with Gasteiger partial charge in [-0.15, -0.1) is 0 Å². The number of hydrogen-bond donors (Lipinski definition) is 1. The number of rotatable bonds is 3. The highest BCUT2D eigenvalue weighted by atomic mass is 35.5. The Morgan fingerprint density at radius 2 is 2.12 bits per heavy atom. The van der Waals surface area contributed by atoms with Gasteiger partial charge in [0.1, 0.15) is 6.61 Å². The SMILES string of the molecule is O=C1OCC(c2ccc(Cl)cc2)N1CCO. The predicted molar refractivity (Wildman–Crippen MR) is 59.3 cm³/mol. The minimum Gasteiger partial charge on any atom is -0.447 e. The lowest BCUT2D eigenvalue weighted by Crippen LogP contribution is -2.30. The van der Waals surface area contributed by atoms with Gasteiger partial charge in [-0.2, -0.15) is 0 Å². The van der Waals surface area contributed by atoms with Gasteiger partial charge >= 0.3 is 6.09 Å². The number of amides is 1. The number of carbonyl (C=O) groups excluding carboxylic acids is 1. The van der Waals surface area contributed by atoms with E-state index in [9.17, 15) is 4.79 Å². The molecule has 5 heteroatoms. The smallest absolute Gasteiger partial charge is 0.410 e. The number of nitrogens with zero attached hydrogens (tertiary/aromatic N) is 1. The van der Waals surface area contributed by atoms with Crippen molar-refractivity contribution in [1.29, 1.82) is 0 Å². The molecule has 1 aromatic carbocycles. The van der Waals surface area contributed by atoms with Gasteiger partial charge in [0.25, 0.3) is 0 Å². The molecule has 1 atom stereocenters. The van der Waals surface area contributed by atoms with E-state index < -0.39 is 0 Å². The van der Waals surface area contributed by atoms with Crippen LogP contribution in [-0.2, 0) is 4.74 Å². The molecule has 0 radical (unpaired) electrons. The first-order valence-electron chi connectivity index (χ1n) is 5.02. The molecule has 1 amide bonds. The molecule has 16 heavy (non-hydrogen) atoms. The van der Waals surface area contributed by atoms with Crippen molar-refractivity contribution in [3.05, 3.63) is 34.9 Å². The summed E-state index contributed by atoms with van der Waals surface area (Å²) in [7, 11) is 0. The van der Waals surface area contributed by atoms with Gasteiger partial charge in [-0.1, -0.05) is 23.7 Å². The van der Waals surface area contributed by atoms with Crippen LogP contribution in [0, 0.1) is 0 Å². The highest BCUT2D eigenvalue weighted by Crippen LogP contribution is 2.27. The zero-order valence-corrected chi connectivity index (χ0v) is 9.35. The number of carbonyl (C=O) groups is 1. The van der Waals surface area contributed by atoms with E-state index in [0.717, 1.165) is 5.56 Å². The lowest BCUT2D eigenvalue weighted by atomic mass is 10.1. The summed E-state index contributed by atoms with van der Waals surface area (Å²) in [5.41, 5.74) is 0.962. The van der Waals surface area contributed by atoms with Crippen LogP contribution in [0.4, 0.5) is 4.79 Å². The normalized spacial score (nSPS) is 20.0. The number of aliphatic hydroxyl groups is 1. The predicted octanol–water partition coefficient (Wildman–Crippen LogP) is 1.83. The number of ether oxygens (including phenoxy) is 1. The van der Waals surface area contributed by atoms with Crippen molar-refractivity contribution < 1.29 is 14.6 Å². The van der Waals surface area contributed by atoms with E-state index in [1.54, 1.807) is 12.1 Å². The first-order valence-corrected chi connectivity index (χ1v) is 5.40. The molecule has 0 aliphatic carbocycles. The Labute approximate surface area is 98.4 Å². The summed E-state index contributed by atoms with van der Waals surface area (Å²) < 4.78 is 4.96. The molecular weight excluding hydrogens is 230 g/mol. The molecular formula is C11H12ClNO3. The number of benzene rings is 1. The second-order valence-electron chi connectivity index (χ2n) is 3.56. The van der Waals surface area contributed by atoms with Crippen LogP contribution in [0.3, 0.4) is 0 Å². The molecule has 1 aliphatic heterocycles. The van der Waals surface area contributed by atoms with Crippen molar-refractivity contribution in [2.75, 3.05) is 19.8 Å². The molecule has 1 fully saturated rings. The highest BCUT2D eigenvalue weighted by molar-refractivity contribution is 6.30. The van der Waals surface area contributed by atoms with Crippen LogP contribution in [0.5, 0.6) is 0 Å². The van der Waals surface area contributed by atoms with Crippen LogP contribution in [0.2, 0.25) is 5.02 Å². The summed E-state index contributed by atoms with van der Waals surface area (Å²) in [5, 5.41) is 9.54. The largest absolute Gasteiger partial charge is 0.447 e. The van der Waals surface area contributed by atoms with Crippen molar-refractivity contribution in [3.63, 3.8) is 0 Å². The Hall–Kier alpha value is -1.26. The van der Waals surface area contributed by atoms with Gasteiger partial charge in [0, 0.05) is 11.6 Å². The lowest BCUT2D eigenvalue weighted by molar-refractivity contribution is 0.148. The summed E-state index contributed by atoms with van der Waals surface area (Å²) >= 11 is 5.79. The fourth-order valence-corrected chi connectivity index (χ4v) is 1.89. The molecule has 0 spiro atoms. The van der Waals surface area contributed by atoms with Gasteiger partial charge in [-0.25, -0.2) is 4.79 Å². The average Bonchev–Trinajstić information content (AvgIpc) is 2.63. The molecule has 86 valence electrons. The molecule has 0 aromatic heterocycles. The van der Waals surface area contributed by atoms with Gasteiger partial charge in [-0.05, 0) is 17.7 Å². The summed E-state index contributed by atoms with van der Waals surface area (Å²) in [6.07, 6.45) is -0.381. The monoisotopic (exact) mass is 241 g/mol. The molecule has 1 aliphatic rings. The third-order valence-electron chi connectivity index (χ3n) is 2.57. The maximum Gasteiger partial charge on any atom is 0.410 e. The van der Waals surface area contributed by atoms with Crippen molar-refractivity contribution in [3.8, 4) is 0 Å². The van der Waals surface area contributed by atoms with E-state index >= 15 is 0 Å². The van der Waals surface area contributed by atoms with E-state index in [0.29, 0.717) is 11.6 Å². The summed E-state index contributed by atoms with van der Waals surface area (Å²) in [6, 6.07) is 7.14. The fourth-order valence-electron chi connectivity index (χ4n) is 1.77. The summed E-state index contributed by atoms with van der Waals surface area (Å²) in [4.78, 5) is 12.9. The molecule has 1 N–H and O–H groups in total. The number of cyclic esters (lactones) is 1. The van der Waals surface area contributed by atoms with Crippen molar-refractivity contribution in [2.24, 2.45) is 0 Å². The number of aliphatic hydroxyl groups excluding tert-OH is 1. The van der Waals surface area contributed by atoms with E-state index in [4.69, 9.17) is 21.4 Å². The third kappa shape index (κ3) is 2.13. The first-order chi connectivity index (χ1) is 7.72. The maximum atomic E-state index is 11.4. The number of β-amino-alcohol motifs (C(OH)–C–C–N with tert-alkyl or cyclic N) is 1. The Bertz CT molecular complexity index is 379. The van der Waals surface area contributed by atoms with Crippen LogP contribution in [0.1, 0.15) is 11.6 Å². The lowest BCUT2D eigenvalue weighted by Gasteiger charge is -2.20. The quantitative estimate of drug-likeness (QED) is 0.878. The average molecular weight is 242 g/mol. The summed E-state index contributed by atoms with van der Waals surface area (Å²) in [5.74, 6) is 0. The van der Waals surface area contributed by atoms with E-state index in [-0.39, 0.29) is 25.3 Å². The van der Waals surface area contributed by atoms with Crippen LogP contribution < -0.4 is 0 Å². The molecule has 1 heterocycles. The van der Waals surface area contributed by atoms with Crippen LogP contribution in [0.25, 0.3) is 0 Å².